The SMILES string of the molecule is O=Cc1ccccc1OC(O)=C1C=CC=C1. The van der Waals surface area contributed by atoms with Crippen LogP contribution < -0.4 is 4.74 Å². The molecule has 2 rings (SSSR count). The first kappa shape index (κ1) is 10.2. The van der Waals surface area contributed by atoms with Gasteiger partial charge in [0.15, 0.2) is 6.29 Å². The lowest BCUT2D eigenvalue weighted by Crippen LogP contribution is -1.99. The van der Waals surface area contributed by atoms with Crippen LogP contribution in [0.25, 0.3) is 0 Å². The number of hydrogen-bond acceptors (Lipinski definition) is 3. The van der Waals surface area contributed by atoms with Gasteiger partial charge < -0.3 is 9.84 Å². The minimum atomic E-state index is -0.209. The van der Waals surface area contributed by atoms with E-state index in [1.54, 1.807) is 48.6 Å². The third-order valence-corrected chi connectivity index (χ3v) is 2.16. The fourth-order valence-electron chi connectivity index (χ4n) is 1.35. The van der Waals surface area contributed by atoms with Crippen molar-refractivity contribution in [2.75, 3.05) is 0 Å². The molecule has 0 saturated carbocycles. The van der Waals surface area contributed by atoms with E-state index in [2.05, 4.69) is 0 Å². The summed E-state index contributed by atoms with van der Waals surface area (Å²) in [6.45, 7) is 0. The Hall–Kier alpha value is -2.29. The van der Waals surface area contributed by atoms with Crippen molar-refractivity contribution in [3.05, 3.63) is 65.7 Å². The molecule has 0 fully saturated rings. The van der Waals surface area contributed by atoms with Crippen LogP contribution in [0.1, 0.15) is 10.4 Å². The molecule has 0 spiro atoms. The molecule has 16 heavy (non-hydrogen) atoms. The summed E-state index contributed by atoms with van der Waals surface area (Å²) in [7, 11) is 0. The second kappa shape index (κ2) is 4.49. The zero-order valence-electron chi connectivity index (χ0n) is 8.46. The predicted molar refractivity (Wildman–Crippen MR) is 60.4 cm³/mol. The molecular weight excluding hydrogens is 204 g/mol. The highest BCUT2D eigenvalue weighted by Gasteiger charge is 2.08. The number of aldehydes is 1. The van der Waals surface area contributed by atoms with Crippen molar-refractivity contribution < 1.29 is 14.6 Å². The van der Waals surface area contributed by atoms with Crippen LogP contribution in [0.15, 0.2) is 60.1 Å². The van der Waals surface area contributed by atoms with Crippen LogP contribution in [0.3, 0.4) is 0 Å². The van der Waals surface area contributed by atoms with E-state index in [1.807, 2.05) is 0 Å². The van der Waals surface area contributed by atoms with Crippen molar-refractivity contribution in [3.63, 3.8) is 0 Å². The van der Waals surface area contributed by atoms with Crippen LogP contribution in [-0.4, -0.2) is 11.4 Å². The second-order valence-corrected chi connectivity index (χ2v) is 3.24. The normalized spacial score (nSPS) is 12.9. The van der Waals surface area contributed by atoms with E-state index in [0.717, 1.165) is 0 Å². The Labute approximate surface area is 93.0 Å². The smallest absolute Gasteiger partial charge is 0.289 e. The van der Waals surface area contributed by atoms with Crippen LogP contribution in [0, 0.1) is 0 Å². The van der Waals surface area contributed by atoms with E-state index in [-0.39, 0.29) is 5.95 Å². The number of carbonyl (C=O) groups excluding carboxylic acids is 1. The van der Waals surface area contributed by atoms with Crippen molar-refractivity contribution in [2.45, 2.75) is 0 Å². The highest BCUT2D eigenvalue weighted by Crippen LogP contribution is 2.20. The molecule has 1 N–H and O–H groups in total. The number of ether oxygens (including phenoxy) is 1. The molecule has 0 bridgehead atoms. The van der Waals surface area contributed by atoms with Crippen molar-refractivity contribution in [2.24, 2.45) is 0 Å². The summed E-state index contributed by atoms with van der Waals surface area (Å²) in [4.78, 5) is 10.7. The number of aliphatic hydroxyl groups excluding tert-OH is 1. The van der Waals surface area contributed by atoms with E-state index in [9.17, 15) is 9.90 Å². The van der Waals surface area contributed by atoms with Gasteiger partial charge in [-0.3, -0.25) is 4.79 Å². The number of hydrogen-bond donors (Lipinski definition) is 1. The number of para-hydroxylation sites is 1. The number of rotatable bonds is 3. The van der Waals surface area contributed by atoms with Gasteiger partial charge >= 0.3 is 0 Å². The van der Waals surface area contributed by atoms with Crippen LogP contribution >= 0.6 is 0 Å². The third-order valence-electron chi connectivity index (χ3n) is 2.16. The molecule has 1 aliphatic carbocycles. The minimum absolute atomic E-state index is 0.209. The molecule has 0 unspecified atom stereocenters. The molecule has 0 amide bonds. The lowest BCUT2D eigenvalue weighted by molar-refractivity contribution is 0.111. The van der Waals surface area contributed by atoms with E-state index < -0.39 is 0 Å². The second-order valence-electron chi connectivity index (χ2n) is 3.24. The highest BCUT2D eigenvalue weighted by molar-refractivity contribution is 5.79. The van der Waals surface area contributed by atoms with Crippen LogP contribution in [0.2, 0.25) is 0 Å². The quantitative estimate of drug-likeness (QED) is 0.621. The summed E-state index contributed by atoms with van der Waals surface area (Å²) in [5.41, 5.74) is 0.987. The Bertz CT molecular complexity index is 482. The van der Waals surface area contributed by atoms with Gasteiger partial charge in [0.05, 0.1) is 11.1 Å². The van der Waals surface area contributed by atoms with Crippen molar-refractivity contribution in [1.29, 1.82) is 0 Å². The van der Waals surface area contributed by atoms with Gasteiger partial charge in [-0.1, -0.05) is 24.3 Å². The van der Waals surface area contributed by atoms with Crippen LogP contribution in [0.5, 0.6) is 5.75 Å². The highest BCUT2D eigenvalue weighted by atomic mass is 16.6. The molecule has 0 aromatic heterocycles. The summed E-state index contributed by atoms with van der Waals surface area (Å²) in [6.07, 6.45) is 7.71. The molecule has 1 aliphatic rings. The molecule has 0 radical (unpaired) electrons. The average Bonchev–Trinajstić information content (AvgIpc) is 2.83. The van der Waals surface area contributed by atoms with Gasteiger partial charge in [0.1, 0.15) is 5.75 Å². The van der Waals surface area contributed by atoms with Gasteiger partial charge in [0, 0.05) is 0 Å². The van der Waals surface area contributed by atoms with E-state index >= 15 is 0 Å². The number of benzene rings is 1. The van der Waals surface area contributed by atoms with Gasteiger partial charge in [0.25, 0.3) is 5.95 Å². The maximum Gasteiger partial charge on any atom is 0.289 e. The van der Waals surface area contributed by atoms with Gasteiger partial charge in [-0.05, 0) is 24.3 Å². The first-order chi connectivity index (χ1) is 7.81. The molecule has 0 aliphatic heterocycles. The molecule has 3 nitrogen and oxygen atoms in total. The van der Waals surface area contributed by atoms with E-state index in [0.29, 0.717) is 23.2 Å². The summed E-state index contributed by atoms with van der Waals surface area (Å²) < 4.78 is 5.22. The van der Waals surface area contributed by atoms with E-state index in [4.69, 9.17) is 4.74 Å². The third kappa shape index (κ3) is 2.03. The summed E-state index contributed by atoms with van der Waals surface area (Å²) >= 11 is 0. The Morgan fingerprint density at radius 3 is 2.56 bits per heavy atom. The molecular formula is C13H10O3. The van der Waals surface area contributed by atoms with Crippen molar-refractivity contribution >= 4 is 6.29 Å². The molecule has 80 valence electrons. The Kier molecular flexibility index (Phi) is 2.87. The molecule has 0 atom stereocenters. The predicted octanol–water partition coefficient (Wildman–Crippen LogP) is 2.77. The Morgan fingerprint density at radius 2 is 1.88 bits per heavy atom. The van der Waals surface area contributed by atoms with E-state index in [1.165, 1.54) is 0 Å². The molecule has 1 aromatic carbocycles. The monoisotopic (exact) mass is 214 g/mol. The van der Waals surface area contributed by atoms with Gasteiger partial charge in [-0.2, -0.15) is 0 Å². The topological polar surface area (TPSA) is 46.5 Å². The first-order valence-corrected chi connectivity index (χ1v) is 4.81. The minimum Gasteiger partial charge on any atom is -0.480 e. The fourth-order valence-corrected chi connectivity index (χ4v) is 1.35. The standard InChI is InChI=1S/C13H10O3/c14-9-11-7-3-4-8-12(11)16-13(15)10-5-1-2-6-10/h1-9,15H. The first-order valence-electron chi connectivity index (χ1n) is 4.81. The van der Waals surface area contributed by atoms with Gasteiger partial charge in [0.2, 0.25) is 0 Å². The van der Waals surface area contributed by atoms with Crippen molar-refractivity contribution in [1.82, 2.24) is 0 Å². The summed E-state index contributed by atoms with van der Waals surface area (Å²) in [6, 6.07) is 6.72. The Morgan fingerprint density at radius 1 is 1.19 bits per heavy atom. The number of carbonyl (C=O) groups is 1. The van der Waals surface area contributed by atoms with Crippen LogP contribution in [-0.2, 0) is 0 Å². The number of allylic oxidation sites excluding steroid dienone is 5. The number of aliphatic hydroxyl groups is 1. The van der Waals surface area contributed by atoms with Crippen LogP contribution in [0.4, 0.5) is 0 Å². The summed E-state index contributed by atoms with van der Waals surface area (Å²) in [5.74, 6) is 0.135. The molecule has 0 heterocycles. The molecule has 1 aromatic rings. The van der Waals surface area contributed by atoms with Gasteiger partial charge in [-0.25, -0.2) is 0 Å². The fraction of sp³-hybridized carbons (Fsp3) is 0. The zero-order chi connectivity index (χ0) is 11.4. The van der Waals surface area contributed by atoms with Crippen molar-refractivity contribution in [3.8, 4) is 5.75 Å². The molecule has 3 heteroatoms. The largest absolute Gasteiger partial charge is 0.480 e. The maximum atomic E-state index is 10.7. The molecule has 0 saturated heterocycles. The maximum absolute atomic E-state index is 10.7. The summed E-state index contributed by atoms with van der Waals surface area (Å²) in [5, 5.41) is 9.66. The average molecular weight is 214 g/mol. The Balaban J connectivity index is 2.27. The zero-order valence-corrected chi connectivity index (χ0v) is 8.46. The lowest BCUT2D eigenvalue weighted by Gasteiger charge is -2.07. The lowest BCUT2D eigenvalue weighted by atomic mass is 10.2. The van der Waals surface area contributed by atoms with Gasteiger partial charge in [-0.15, -0.1) is 0 Å².